The molecule has 1 aromatic heterocycles. The number of rotatable bonds is 6. The minimum absolute atomic E-state index is 0.303. The summed E-state index contributed by atoms with van der Waals surface area (Å²) in [6.45, 7) is 5.51. The second kappa shape index (κ2) is 8.31. The molecule has 2 aromatic carbocycles. The summed E-state index contributed by atoms with van der Waals surface area (Å²) in [5, 5.41) is 3.30. The van der Waals surface area contributed by atoms with Crippen LogP contribution in [0.5, 0.6) is 0 Å². The van der Waals surface area contributed by atoms with Crippen LogP contribution in [0.15, 0.2) is 54.7 Å². The summed E-state index contributed by atoms with van der Waals surface area (Å²) >= 11 is 0. The Kier molecular flexibility index (Phi) is 5.42. The Morgan fingerprint density at radius 2 is 1.97 bits per heavy atom. The van der Waals surface area contributed by atoms with E-state index in [1.165, 1.54) is 11.1 Å². The van der Waals surface area contributed by atoms with E-state index in [0.29, 0.717) is 30.5 Å². The third kappa shape index (κ3) is 4.06. The Hall–Kier alpha value is -3.41. The number of nitrogens with zero attached hydrogens (tertiary/aromatic N) is 3. The van der Waals surface area contributed by atoms with Gasteiger partial charge in [0, 0.05) is 25.0 Å². The lowest BCUT2D eigenvalue weighted by molar-refractivity contribution is 0.0526. The summed E-state index contributed by atoms with van der Waals surface area (Å²) in [5.74, 6) is 0.639. The molecule has 1 aliphatic rings. The van der Waals surface area contributed by atoms with Gasteiger partial charge < -0.3 is 15.0 Å². The molecule has 0 bridgehead atoms. The Labute approximate surface area is 170 Å². The lowest BCUT2D eigenvalue weighted by atomic mass is 10.1. The van der Waals surface area contributed by atoms with Gasteiger partial charge in [0.05, 0.1) is 6.61 Å². The standard InChI is InChI=1S/C23H24N4O2/c1-3-29-22(28)19-15-25-23(27-13-12-18-6-4-5-7-20(18)27)26-21(19)24-14-17-10-8-16(2)9-11-17/h4-11,15H,3,12-14H2,1-2H3,(H,24,25,26). The molecule has 0 fully saturated rings. The number of para-hydroxylation sites is 1. The highest BCUT2D eigenvalue weighted by molar-refractivity contribution is 5.94. The average Bonchev–Trinajstić information content (AvgIpc) is 3.17. The highest BCUT2D eigenvalue weighted by Gasteiger charge is 2.24. The smallest absolute Gasteiger partial charge is 0.343 e. The summed E-state index contributed by atoms with van der Waals surface area (Å²) in [7, 11) is 0. The fraction of sp³-hybridized carbons (Fsp3) is 0.261. The topological polar surface area (TPSA) is 67.3 Å². The number of fused-ring (bicyclic) bond motifs is 1. The first kappa shape index (κ1) is 18.9. The predicted molar refractivity (Wildman–Crippen MR) is 114 cm³/mol. The molecule has 2 heterocycles. The van der Waals surface area contributed by atoms with Crippen LogP contribution in [-0.4, -0.2) is 29.1 Å². The predicted octanol–water partition coefficient (Wildman–Crippen LogP) is 4.27. The maximum absolute atomic E-state index is 12.4. The van der Waals surface area contributed by atoms with Crippen molar-refractivity contribution in [2.24, 2.45) is 0 Å². The minimum Gasteiger partial charge on any atom is -0.462 e. The van der Waals surface area contributed by atoms with Gasteiger partial charge in [-0.15, -0.1) is 0 Å². The first-order valence-electron chi connectivity index (χ1n) is 9.84. The number of aromatic nitrogens is 2. The Morgan fingerprint density at radius 1 is 1.17 bits per heavy atom. The number of benzene rings is 2. The largest absolute Gasteiger partial charge is 0.462 e. The normalized spacial score (nSPS) is 12.6. The second-order valence-corrected chi connectivity index (χ2v) is 7.02. The Balaban J connectivity index is 1.64. The first-order chi connectivity index (χ1) is 14.2. The third-order valence-corrected chi connectivity index (χ3v) is 4.98. The molecule has 0 atom stereocenters. The maximum Gasteiger partial charge on any atom is 0.343 e. The zero-order valence-electron chi connectivity index (χ0n) is 16.7. The summed E-state index contributed by atoms with van der Waals surface area (Å²) in [5.41, 5.74) is 5.05. The van der Waals surface area contributed by atoms with E-state index in [1.54, 1.807) is 13.1 Å². The van der Waals surface area contributed by atoms with Crippen LogP contribution < -0.4 is 10.2 Å². The van der Waals surface area contributed by atoms with Gasteiger partial charge in [-0.1, -0.05) is 48.0 Å². The number of anilines is 3. The number of hydrogen-bond donors (Lipinski definition) is 1. The molecule has 0 unspecified atom stereocenters. The molecular formula is C23H24N4O2. The van der Waals surface area contributed by atoms with Crippen molar-refractivity contribution in [3.8, 4) is 0 Å². The van der Waals surface area contributed by atoms with Gasteiger partial charge >= 0.3 is 5.97 Å². The molecule has 0 aliphatic carbocycles. The van der Waals surface area contributed by atoms with Gasteiger partial charge in [-0.3, -0.25) is 0 Å². The summed E-state index contributed by atoms with van der Waals surface area (Å²) in [6.07, 6.45) is 2.50. The van der Waals surface area contributed by atoms with Crippen LogP contribution in [0, 0.1) is 6.92 Å². The first-order valence-corrected chi connectivity index (χ1v) is 9.84. The fourth-order valence-electron chi connectivity index (χ4n) is 3.43. The van der Waals surface area contributed by atoms with Crippen LogP contribution in [0.1, 0.15) is 34.0 Å². The summed E-state index contributed by atoms with van der Waals surface area (Å²) in [6, 6.07) is 16.5. The summed E-state index contributed by atoms with van der Waals surface area (Å²) in [4.78, 5) is 23.6. The van der Waals surface area contributed by atoms with Crippen LogP contribution in [-0.2, 0) is 17.7 Å². The molecule has 148 valence electrons. The van der Waals surface area contributed by atoms with E-state index < -0.39 is 5.97 Å². The summed E-state index contributed by atoms with van der Waals surface area (Å²) < 4.78 is 5.19. The lowest BCUT2D eigenvalue weighted by Crippen LogP contribution is -2.19. The van der Waals surface area contributed by atoms with Crippen molar-refractivity contribution < 1.29 is 9.53 Å². The number of esters is 1. The molecule has 0 saturated carbocycles. The van der Waals surface area contributed by atoms with Gasteiger partial charge in [-0.2, -0.15) is 4.98 Å². The number of ether oxygens (including phenoxy) is 1. The van der Waals surface area contributed by atoms with E-state index >= 15 is 0 Å². The van der Waals surface area contributed by atoms with Crippen LogP contribution in [0.3, 0.4) is 0 Å². The van der Waals surface area contributed by atoms with Gasteiger partial charge in [0.15, 0.2) is 0 Å². The molecule has 3 aromatic rings. The van der Waals surface area contributed by atoms with Crippen molar-refractivity contribution >= 4 is 23.4 Å². The number of aryl methyl sites for hydroxylation is 1. The van der Waals surface area contributed by atoms with Crippen LogP contribution in [0.25, 0.3) is 0 Å². The quantitative estimate of drug-likeness (QED) is 0.636. The number of carbonyl (C=O) groups is 1. The molecule has 29 heavy (non-hydrogen) atoms. The zero-order valence-corrected chi connectivity index (χ0v) is 16.7. The van der Waals surface area contributed by atoms with Gasteiger partial charge in [-0.25, -0.2) is 9.78 Å². The van der Waals surface area contributed by atoms with Crippen LogP contribution in [0.4, 0.5) is 17.5 Å². The molecule has 1 N–H and O–H groups in total. The fourth-order valence-corrected chi connectivity index (χ4v) is 3.43. The minimum atomic E-state index is -0.424. The molecule has 1 aliphatic heterocycles. The van der Waals surface area contributed by atoms with Crippen molar-refractivity contribution in [1.29, 1.82) is 0 Å². The van der Waals surface area contributed by atoms with Gasteiger partial charge in [0.25, 0.3) is 0 Å². The monoisotopic (exact) mass is 388 g/mol. The van der Waals surface area contributed by atoms with E-state index in [1.807, 2.05) is 12.1 Å². The molecule has 0 spiro atoms. The highest BCUT2D eigenvalue weighted by Crippen LogP contribution is 2.33. The van der Waals surface area contributed by atoms with Gasteiger partial charge in [-0.05, 0) is 37.5 Å². The van der Waals surface area contributed by atoms with E-state index in [0.717, 1.165) is 24.2 Å². The number of hydrogen-bond acceptors (Lipinski definition) is 6. The third-order valence-electron chi connectivity index (χ3n) is 4.98. The lowest BCUT2D eigenvalue weighted by Gasteiger charge is -2.19. The van der Waals surface area contributed by atoms with E-state index in [9.17, 15) is 4.79 Å². The molecule has 6 heteroatoms. The van der Waals surface area contributed by atoms with Crippen molar-refractivity contribution in [3.63, 3.8) is 0 Å². The zero-order chi connectivity index (χ0) is 20.2. The van der Waals surface area contributed by atoms with Crippen LogP contribution in [0.2, 0.25) is 0 Å². The van der Waals surface area contributed by atoms with Crippen molar-refractivity contribution in [2.75, 3.05) is 23.4 Å². The Bertz CT molecular complexity index is 1020. The van der Waals surface area contributed by atoms with E-state index in [4.69, 9.17) is 9.72 Å². The molecular weight excluding hydrogens is 364 g/mol. The van der Waals surface area contributed by atoms with Crippen molar-refractivity contribution in [1.82, 2.24) is 9.97 Å². The average molecular weight is 388 g/mol. The highest BCUT2D eigenvalue weighted by atomic mass is 16.5. The molecule has 0 saturated heterocycles. The van der Waals surface area contributed by atoms with Gasteiger partial charge in [0.1, 0.15) is 11.4 Å². The Morgan fingerprint density at radius 3 is 2.76 bits per heavy atom. The SMILES string of the molecule is CCOC(=O)c1cnc(N2CCc3ccccc32)nc1NCc1ccc(C)cc1. The second-order valence-electron chi connectivity index (χ2n) is 7.02. The molecule has 0 amide bonds. The van der Waals surface area contributed by atoms with Gasteiger partial charge in [0.2, 0.25) is 5.95 Å². The van der Waals surface area contributed by atoms with Crippen LogP contribution >= 0.6 is 0 Å². The maximum atomic E-state index is 12.4. The number of nitrogens with one attached hydrogen (secondary N) is 1. The van der Waals surface area contributed by atoms with E-state index in [-0.39, 0.29) is 0 Å². The van der Waals surface area contributed by atoms with Crippen molar-refractivity contribution in [3.05, 3.63) is 77.0 Å². The molecule has 4 rings (SSSR count). The molecule has 6 nitrogen and oxygen atoms in total. The van der Waals surface area contributed by atoms with E-state index in [2.05, 4.69) is 58.5 Å². The number of carbonyl (C=O) groups excluding carboxylic acids is 1. The van der Waals surface area contributed by atoms with Crippen molar-refractivity contribution in [2.45, 2.75) is 26.8 Å². The molecule has 0 radical (unpaired) electrons.